The molecule has 0 heterocycles. The van der Waals surface area contributed by atoms with Crippen molar-refractivity contribution in [1.29, 1.82) is 0 Å². The summed E-state index contributed by atoms with van der Waals surface area (Å²) >= 11 is 0. The average Bonchev–Trinajstić information content (AvgIpc) is 1.78. The third kappa shape index (κ3) is 6.66. The zero-order chi connectivity index (χ0) is 9.83. The number of aliphatic hydroxyl groups is 1. The molecule has 1 N–H and O–H groups in total. The highest BCUT2D eigenvalue weighted by Gasteiger charge is 2.26. The van der Waals surface area contributed by atoms with Crippen molar-refractivity contribution < 1.29 is 5.11 Å². The van der Waals surface area contributed by atoms with E-state index < -0.39 is 5.60 Å². The molecule has 0 aromatic heterocycles. The van der Waals surface area contributed by atoms with Crippen LogP contribution in [0, 0.1) is 5.41 Å². The molecule has 0 saturated heterocycles. The summed E-state index contributed by atoms with van der Waals surface area (Å²) in [5.41, 5.74) is -0.231. The van der Waals surface area contributed by atoms with Crippen LogP contribution in [0.5, 0.6) is 0 Å². The summed E-state index contributed by atoms with van der Waals surface area (Å²) in [5, 5.41) is 9.98. The second kappa shape index (κ2) is 4.27. The lowest BCUT2D eigenvalue weighted by atomic mass is 9.80. The largest absolute Gasteiger partial charge is 0.390 e. The molecule has 0 aliphatic rings. The Morgan fingerprint density at radius 1 is 1.08 bits per heavy atom. The number of rotatable bonds is 4. The van der Waals surface area contributed by atoms with Crippen LogP contribution in [0.25, 0.3) is 0 Å². The van der Waals surface area contributed by atoms with E-state index in [2.05, 4.69) is 27.7 Å². The number of unbranched alkanes of at least 4 members (excludes halogenated alkanes) is 1. The highest BCUT2D eigenvalue weighted by molar-refractivity contribution is 4.78. The van der Waals surface area contributed by atoms with Gasteiger partial charge in [-0.05, 0) is 25.2 Å². The maximum absolute atomic E-state index is 9.98. The van der Waals surface area contributed by atoms with Crippen molar-refractivity contribution in [2.75, 3.05) is 0 Å². The Balaban J connectivity index is 3.86. The summed E-state index contributed by atoms with van der Waals surface area (Å²) in [6.45, 7) is 10.6. The van der Waals surface area contributed by atoms with Gasteiger partial charge in [0.15, 0.2) is 0 Å². The molecule has 0 fully saturated rings. The minimum absolute atomic E-state index is 0.233. The van der Waals surface area contributed by atoms with Gasteiger partial charge in [-0.3, -0.25) is 0 Å². The minimum Gasteiger partial charge on any atom is -0.390 e. The first-order valence-corrected chi connectivity index (χ1v) is 4.99. The molecule has 0 aliphatic heterocycles. The van der Waals surface area contributed by atoms with E-state index in [1.165, 1.54) is 6.42 Å². The van der Waals surface area contributed by atoms with Crippen LogP contribution in [0.4, 0.5) is 0 Å². The van der Waals surface area contributed by atoms with Crippen LogP contribution >= 0.6 is 0 Å². The van der Waals surface area contributed by atoms with Gasteiger partial charge in [0.2, 0.25) is 0 Å². The van der Waals surface area contributed by atoms with Gasteiger partial charge in [0, 0.05) is 0 Å². The summed E-state index contributed by atoms with van der Waals surface area (Å²) in [7, 11) is 0. The molecule has 1 heteroatoms. The van der Waals surface area contributed by atoms with Crippen molar-refractivity contribution in [3.05, 3.63) is 0 Å². The topological polar surface area (TPSA) is 20.2 Å². The van der Waals surface area contributed by atoms with Gasteiger partial charge in [-0.2, -0.15) is 0 Å². The van der Waals surface area contributed by atoms with Crippen LogP contribution in [0.3, 0.4) is 0 Å². The molecular formula is C11H24O. The Hall–Kier alpha value is -0.0400. The van der Waals surface area contributed by atoms with Crippen molar-refractivity contribution in [1.82, 2.24) is 0 Å². The summed E-state index contributed by atoms with van der Waals surface area (Å²) in [6.07, 6.45) is 4.12. The Morgan fingerprint density at radius 2 is 1.58 bits per heavy atom. The minimum atomic E-state index is -0.464. The van der Waals surface area contributed by atoms with Gasteiger partial charge in [-0.1, -0.05) is 40.5 Å². The van der Waals surface area contributed by atoms with E-state index in [-0.39, 0.29) is 5.41 Å². The first-order valence-electron chi connectivity index (χ1n) is 4.99. The Morgan fingerprint density at radius 3 is 1.92 bits per heavy atom. The zero-order valence-corrected chi connectivity index (χ0v) is 9.28. The van der Waals surface area contributed by atoms with Crippen molar-refractivity contribution in [2.45, 2.75) is 65.9 Å². The molecule has 0 rings (SSSR count). The van der Waals surface area contributed by atoms with Gasteiger partial charge >= 0.3 is 0 Å². The maximum Gasteiger partial charge on any atom is 0.0624 e. The van der Waals surface area contributed by atoms with E-state index in [4.69, 9.17) is 0 Å². The summed E-state index contributed by atoms with van der Waals surface area (Å²) in [4.78, 5) is 0. The fraction of sp³-hybridized carbons (Fsp3) is 1.00. The SMILES string of the molecule is CCCCC(C)(O)CC(C)(C)C. The van der Waals surface area contributed by atoms with E-state index in [1.54, 1.807) is 0 Å². The van der Waals surface area contributed by atoms with E-state index in [0.717, 1.165) is 19.3 Å². The van der Waals surface area contributed by atoms with Gasteiger partial charge in [-0.15, -0.1) is 0 Å². The third-order valence-corrected chi connectivity index (χ3v) is 1.98. The molecule has 0 bridgehead atoms. The molecule has 1 nitrogen and oxygen atoms in total. The monoisotopic (exact) mass is 172 g/mol. The summed E-state index contributed by atoms with van der Waals surface area (Å²) in [6, 6.07) is 0. The normalized spacial score (nSPS) is 17.5. The maximum atomic E-state index is 9.98. The van der Waals surface area contributed by atoms with E-state index in [1.807, 2.05) is 6.92 Å². The predicted molar refractivity (Wildman–Crippen MR) is 54.2 cm³/mol. The lowest BCUT2D eigenvalue weighted by molar-refractivity contribution is 0.00959. The highest BCUT2D eigenvalue weighted by Crippen LogP contribution is 2.30. The second-order valence-electron chi connectivity index (χ2n) is 5.34. The molecule has 1 atom stereocenters. The molecule has 0 amide bonds. The molecule has 12 heavy (non-hydrogen) atoms. The molecule has 0 radical (unpaired) electrons. The van der Waals surface area contributed by atoms with Crippen LogP contribution in [0.1, 0.15) is 60.3 Å². The van der Waals surface area contributed by atoms with Crippen LogP contribution in [-0.4, -0.2) is 10.7 Å². The van der Waals surface area contributed by atoms with E-state index in [9.17, 15) is 5.11 Å². The van der Waals surface area contributed by atoms with E-state index in [0.29, 0.717) is 0 Å². The van der Waals surface area contributed by atoms with Crippen LogP contribution in [-0.2, 0) is 0 Å². The van der Waals surface area contributed by atoms with Gasteiger partial charge in [0.05, 0.1) is 5.60 Å². The first-order chi connectivity index (χ1) is 5.27. The van der Waals surface area contributed by atoms with Crippen LogP contribution < -0.4 is 0 Å². The molecule has 0 aliphatic carbocycles. The quantitative estimate of drug-likeness (QED) is 0.689. The predicted octanol–water partition coefficient (Wildman–Crippen LogP) is 3.36. The third-order valence-electron chi connectivity index (χ3n) is 1.98. The highest BCUT2D eigenvalue weighted by atomic mass is 16.3. The molecule has 0 spiro atoms. The molecule has 74 valence electrons. The zero-order valence-electron chi connectivity index (χ0n) is 9.28. The molecular weight excluding hydrogens is 148 g/mol. The van der Waals surface area contributed by atoms with Gasteiger partial charge < -0.3 is 5.11 Å². The smallest absolute Gasteiger partial charge is 0.0624 e. The average molecular weight is 172 g/mol. The summed E-state index contributed by atoms with van der Waals surface area (Å²) < 4.78 is 0. The Labute approximate surface area is 77.2 Å². The fourth-order valence-corrected chi connectivity index (χ4v) is 1.79. The summed E-state index contributed by atoms with van der Waals surface area (Å²) in [5.74, 6) is 0. The standard InChI is InChI=1S/C11H24O/c1-6-7-8-11(5,12)9-10(2,3)4/h12H,6-9H2,1-5H3. The molecule has 0 saturated carbocycles. The molecule has 1 unspecified atom stereocenters. The molecule has 0 aromatic carbocycles. The van der Waals surface area contributed by atoms with Gasteiger partial charge in [0.25, 0.3) is 0 Å². The van der Waals surface area contributed by atoms with Crippen molar-refractivity contribution >= 4 is 0 Å². The fourth-order valence-electron chi connectivity index (χ4n) is 1.79. The van der Waals surface area contributed by atoms with Gasteiger partial charge in [0.1, 0.15) is 0 Å². The van der Waals surface area contributed by atoms with E-state index >= 15 is 0 Å². The van der Waals surface area contributed by atoms with Crippen LogP contribution in [0.2, 0.25) is 0 Å². The number of hydrogen-bond donors (Lipinski definition) is 1. The van der Waals surface area contributed by atoms with Crippen LogP contribution in [0.15, 0.2) is 0 Å². The lowest BCUT2D eigenvalue weighted by Crippen LogP contribution is -2.30. The van der Waals surface area contributed by atoms with Gasteiger partial charge in [-0.25, -0.2) is 0 Å². The molecule has 0 aromatic rings. The Kier molecular flexibility index (Phi) is 4.25. The van der Waals surface area contributed by atoms with Crippen molar-refractivity contribution in [3.63, 3.8) is 0 Å². The van der Waals surface area contributed by atoms with Crippen molar-refractivity contribution in [3.8, 4) is 0 Å². The number of hydrogen-bond acceptors (Lipinski definition) is 1. The lowest BCUT2D eigenvalue weighted by Gasteiger charge is -2.31. The second-order valence-corrected chi connectivity index (χ2v) is 5.34. The Bertz CT molecular complexity index is 119. The van der Waals surface area contributed by atoms with Crippen molar-refractivity contribution in [2.24, 2.45) is 5.41 Å². The first kappa shape index (κ1) is 12.0.